The molecule has 1 aliphatic heterocycles. The van der Waals surface area contributed by atoms with Gasteiger partial charge in [-0.05, 0) is 49.1 Å². The third kappa shape index (κ3) is 6.09. The van der Waals surface area contributed by atoms with Gasteiger partial charge in [-0.2, -0.15) is 0 Å². The molecule has 0 saturated heterocycles. The lowest BCUT2D eigenvalue weighted by Gasteiger charge is -2.17. The molecule has 0 atom stereocenters. The lowest BCUT2D eigenvalue weighted by Crippen LogP contribution is -2.38. The van der Waals surface area contributed by atoms with Crippen molar-refractivity contribution in [3.05, 3.63) is 65.2 Å². The Kier molecular flexibility index (Phi) is 8.25. The number of para-hydroxylation sites is 1. The summed E-state index contributed by atoms with van der Waals surface area (Å²) in [4.78, 5) is 32.7. The maximum Gasteiger partial charge on any atom is 0.253 e. The number of fused-ring (bicyclic) bond motifs is 1. The molecule has 0 radical (unpaired) electrons. The maximum atomic E-state index is 12.6. The largest absolute Gasteiger partial charge is 0.357 e. The topological polar surface area (TPSA) is 77.0 Å². The van der Waals surface area contributed by atoms with Crippen molar-refractivity contribution in [2.75, 3.05) is 38.6 Å². The van der Waals surface area contributed by atoms with Gasteiger partial charge in [-0.25, -0.2) is 4.99 Å². The summed E-state index contributed by atoms with van der Waals surface area (Å²) < 4.78 is 0. The monoisotopic (exact) mass is 435 g/mol. The lowest BCUT2D eigenvalue weighted by molar-refractivity contribution is -0.118. The Morgan fingerprint density at radius 1 is 1.06 bits per heavy atom. The van der Waals surface area contributed by atoms with Crippen molar-refractivity contribution in [1.29, 1.82) is 0 Å². The Balaban J connectivity index is 1.46. The number of anilines is 1. The molecule has 1 heterocycles. The predicted octanol–water partition coefficient (Wildman–Crippen LogP) is 2.81. The van der Waals surface area contributed by atoms with Gasteiger partial charge in [0, 0.05) is 51.4 Å². The first-order chi connectivity index (χ1) is 15.5. The second-order valence-corrected chi connectivity index (χ2v) is 8.05. The molecule has 0 spiro atoms. The van der Waals surface area contributed by atoms with E-state index in [0.29, 0.717) is 25.1 Å². The van der Waals surface area contributed by atoms with Crippen molar-refractivity contribution >= 4 is 23.5 Å². The van der Waals surface area contributed by atoms with Crippen LogP contribution in [0.2, 0.25) is 0 Å². The normalized spacial score (nSPS) is 13.0. The molecule has 0 saturated carbocycles. The van der Waals surface area contributed by atoms with Gasteiger partial charge in [0.05, 0.1) is 6.54 Å². The Bertz CT molecular complexity index is 953. The minimum absolute atomic E-state index is 0.0120. The van der Waals surface area contributed by atoms with Crippen LogP contribution in [0.25, 0.3) is 0 Å². The van der Waals surface area contributed by atoms with Crippen molar-refractivity contribution in [2.45, 2.75) is 32.7 Å². The van der Waals surface area contributed by atoms with Crippen molar-refractivity contribution in [2.24, 2.45) is 4.99 Å². The van der Waals surface area contributed by atoms with Crippen LogP contribution in [0.4, 0.5) is 5.69 Å². The first-order valence-electron chi connectivity index (χ1n) is 11.2. The van der Waals surface area contributed by atoms with Gasteiger partial charge in [0.1, 0.15) is 0 Å². The highest BCUT2D eigenvalue weighted by atomic mass is 16.2. The smallest absolute Gasteiger partial charge is 0.253 e. The minimum Gasteiger partial charge on any atom is -0.357 e. The van der Waals surface area contributed by atoms with Gasteiger partial charge < -0.3 is 20.4 Å². The lowest BCUT2D eigenvalue weighted by atomic mass is 10.1. The van der Waals surface area contributed by atoms with Crippen LogP contribution in [0, 0.1) is 0 Å². The first kappa shape index (κ1) is 23.3. The molecule has 3 rings (SSSR count). The summed E-state index contributed by atoms with van der Waals surface area (Å²) in [5.74, 6) is 0.882. The summed E-state index contributed by atoms with van der Waals surface area (Å²) in [5, 5.41) is 6.54. The summed E-state index contributed by atoms with van der Waals surface area (Å²) in [6.07, 6.45) is 2.17. The second kappa shape index (κ2) is 11.3. The van der Waals surface area contributed by atoms with E-state index in [-0.39, 0.29) is 11.8 Å². The molecule has 32 heavy (non-hydrogen) atoms. The molecule has 1 aliphatic rings. The van der Waals surface area contributed by atoms with E-state index in [4.69, 9.17) is 0 Å². The highest BCUT2D eigenvalue weighted by molar-refractivity contribution is 5.95. The highest BCUT2D eigenvalue weighted by Gasteiger charge is 2.23. The number of nitrogens with one attached hydrogen (secondary N) is 2. The van der Waals surface area contributed by atoms with Crippen molar-refractivity contribution in [3.63, 3.8) is 0 Å². The molecule has 2 amide bonds. The van der Waals surface area contributed by atoms with Crippen LogP contribution >= 0.6 is 0 Å². The van der Waals surface area contributed by atoms with E-state index in [1.165, 1.54) is 5.56 Å². The number of rotatable bonds is 8. The maximum absolute atomic E-state index is 12.6. The number of guanidine groups is 1. The van der Waals surface area contributed by atoms with Crippen molar-refractivity contribution in [3.8, 4) is 0 Å². The van der Waals surface area contributed by atoms with Gasteiger partial charge in [-0.1, -0.05) is 30.3 Å². The van der Waals surface area contributed by atoms with E-state index in [0.717, 1.165) is 43.1 Å². The molecule has 0 unspecified atom stereocenters. The highest BCUT2D eigenvalue weighted by Crippen LogP contribution is 2.27. The Labute approximate surface area is 190 Å². The Hall–Kier alpha value is -3.35. The molecule has 0 aromatic heterocycles. The number of aliphatic imine (C=N–C) groups is 1. The zero-order valence-corrected chi connectivity index (χ0v) is 19.2. The Morgan fingerprint density at radius 3 is 2.53 bits per heavy atom. The molecule has 0 aliphatic carbocycles. The number of amides is 2. The van der Waals surface area contributed by atoms with Gasteiger partial charge in [-0.3, -0.25) is 9.59 Å². The number of nitrogens with zero attached hydrogens (tertiary/aromatic N) is 3. The van der Waals surface area contributed by atoms with Gasteiger partial charge in [0.2, 0.25) is 5.91 Å². The van der Waals surface area contributed by atoms with Crippen LogP contribution in [-0.2, 0) is 17.8 Å². The van der Waals surface area contributed by atoms with Gasteiger partial charge >= 0.3 is 0 Å². The van der Waals surface area contributed by atoms with Crippen LogP contribution in [0.5, 0.6) is 0 Å². The SMILES string of the molecule is CCNC(=NCc1ccc(C(=O)N(C)C)cc1)NCCCC(=O)N1CCc2ccccc21. The standard InChI is InChI=1S/C25H33N5O2/c1-4-26-25(28-18-19-11-13-21(14-12-19)24(32)29(2)3)27-16-7-10-23(31)30-17-15-20-8-5-6-9-22(20)30/h5-6,8-9,11-14H,4,7,10,15-18H2,1-3H3,(H2,26,27,28). The number of carbonyl (C=O) groups is 2. The number of hydrogen-bond donors (Lipinski definition) is 2. The van der Waals surface area contributed by atoms with Gasteiger partial charge in [0.25, 0.3) is 5.91 Å². The summed E-state index contributed by atoms with van der Waals surface area (Å²) >= 11 is 0. The summed E-state index contributed by atoms with van der Waals surface area (Å²) in [6.45, 7) is 4.73. The molecule has 7 heteroatoms. The number of hydrogen-bond acceptors (Lipinski definition) is 3. The molecule has 2 aromatic rings. The van der Waals surface area contributed by atoms with Gasteiger partial charge in [-0.15, -0.1) is 0 Å². The number of benzene rings is 2. The predicted molar refractivity (Wildman–Crippen MR) is 129 cm³/mol. The third-order valence-corrected chi connectivity index (χ3v) is 5.42. The van der Waals surface area contributed by atoms with Crippen molar-refractivity contribution < 1.29 is 9.59 Å². The average molecular weight is 436 g/mol. The summed E-state index contributed by atoms with van der Waals surface area (Å²) in [7, 11) is 3.49. The molecule has 0 fully saturated rings. The fourth-order valence-electron chi connectivity index (χ4n) is 3.70. The third-order valence-electron chi connectivity index (χ3n) is 5.42. The molecule has 0 bridgehead atoms. The second-order valence-electron chi connectivity index (χ2n) is 8.05. The van der Waals surface area contributed by atoms with Crippen LogP contribution in [0.1, 0.15) is 41.3 Å². The van der Waals surface area contributed by atoms with Crippen LogP contribution in [0.15, 0.2) is 53.5 Å². The zero-order chi connectivity index (χ0) is 22.9. The van der Waals surface area contributed by atoms with E-state index in [9.17, 15) is 9.59 Å². The Morgan fingerprint density at radius 2 is 1.81 bits per heavy atom. The first-order valence-corrected chi connectivity index (χ1v) is 11.2. The van der Waals surface area contributed by atoms with Gasteiger partial charge in [0.15, 0.2) is 5.96 Å². The van der Waals surface area contributed by atoms with E-state index in [1.807, 2.05) is 54.3 Å². The summed E-state index contributed by atoms with van der Waals surface area (Å²) in [6, 6.07) is 15.6. The molecule has 2 aromatic carbocycles. The number of carbonyl (C=O) groups excluding carboxylic acids is 2. The molecular formula is C25H33N5O2. The van der Waals surface area contributed by atoms with E-state index >= 15 is 0 Å². The van der Waals surface area contributed by atoms with E-state index in [1.54, 1.807) is 19.0 Å². The summed E-state index contributed by atoms with van der Waals surface area (Å²) in [5.41, 5.74) is 4.00. The van der Waals surface area contributed by atoms with Crippen LogP contribution < -0.4 is 15.5 Å². The fraction of sp³-hybridized carbons (Fsp3) is 0.400. The van der Waals surface area contributed by atoms with Crippen LogP contribution in [0.3, 0.4) is 0 Å². The van der Waals surface area contributed by atoms with E-state index < -0.39 is 0 Å². The molecule has 2 N–H and O–H groups in total. The molecule has 170 valence electrons. The molecule has 7 nitrogen and oxygen atoms in total. The van der Waals surface area contributed by atoms with E-state index in [2.05, 4.69) is 21.7 Å². The minimum atomic E-state index is -0.0120. The fourth-order valence-corrected chi connectivity index (χ4v) is 3.70. The zero-order valence-electron chi connectivity index (χ0n) is 19.2. The van der Waals surface area contributed by atoms with Crippen molar-refractivity contribution in [1.82, 2.24) is 15.5 Å². The quantitative estimate of drug-likeness (QED) is 0.380. The molecular weight excluding hydrogens is 402 g/mol. The average Bonchev–Trinajstić information content (AvgIpc) is 3.24. The van der Waals surface area contributed by atoms with Crippen LogP contribution in [-0.4, -0.2) is 56.4 Å².